The van der Waals surface area contributed by atoms with Crippen LogP contribution in [0.5, 0.6) is 92.0 Å². The predicted octanol–water partition coefficient (Wildman–Crippen LogP) is 15.0. The fourth-order valence-corrected chi connectivity index (χ4v) is 20.3. The van der Waals surface area contributed by atoms with Crippen molar-refractivity contribution < 1.29 is 122 Å². The molecule has 0 amide bonds. The maximum absolute atomic E-state index is 6.42. The molecule has 0 radical (unpaired) electrons. The molecule has 18 aromatic rings. The summed E-state index contributed by atoms with van der Waals surface area (Å²) in [4.78, 5) is 20.7. The first-order valence-corrected chi connectivity index (χ1v) is 47.1. The molecule has 13 aliphatic rings. The molecule has 31 rings (SSSR count). The third kappa shape index (κ3) is 16.9. The van der Waals surface area contributed by atoms with Crippen LogP contribution in [0.25, 0.3) is 17.1 Å². The molecule has 0 fully saturated rings. The summed E-state index contributed by atoms with van der Waals surface area (Å²) in [5, 5.41) is 13.1. The summed E-state index contributed by atoms with van der Waals surface area (Å²) >= 11 is 0. The van der Waals surface area contributed by atoms with Crippen molar-refractivity contribution in [2.24, 2.45) is 0 Å². The van der Waals surface area contributed by atoms with Gasteiger partial charge in [-0.1, -0.05) is 78.9 Å². The zero-order valence-corrected chi connectivity index (χ0v) is 87.3. The van der Waals surface area contributed by atoms with E-state index in [1.54, 1.807) is 28.0 Å². The molecule has 0 unspecified atom stereocenters. The number of fused-ring (bicyclic) bond motifs is 16. The number of aromatic nitrogens is 6. The van der Waals surface area contributed by atoms with Gasteiger partial charge in [-0.3, -0.25) is 14.0 Å². The number of para-hydroxylation sites is 3. The SMILES string of the molecule is CN1C=CN(c2[c-]c3c(cc2)Oc2cccc4c2B3c2[c-]c(N3C=CN(C)[CH-]3)ccc2O4)[CH-]1.[Pt+2].[Pt+4].[Pt+4].[Pt].[c-]1c(-n2cccn2)ccc2c1B1c3[c-]c(-n4cccn4)ccc3Oc3cccc(c31)O2.[c-]1c(N2C=CN(c3ccccc3)[CH-]2)ccc2c1B1c3[c-]c(-n4cccn4)ccc3Oc3cccc(c31)O2.[c-]1c(N2C=CN(c3ccccc3)[CH-]2)ccc2c1B1c3[c-]c(N4C=CN(c5ccccc5)[CH-]4)ccc3Oc3cccc(c31)O2. The van der Waals surface area contributed by atoms with Gasteiger partial charge in [0.05, 0.1) is 0 Å². The van der Waals surface area contributed by atoms with Crippen LogP contribution in [-0.2, 0) is 84.3 Å². The average Bonchev–Trinajstić information content (AvgIpc) is 0.957. The largest absolute Gasteiger partial charge is 4.00 e. The summed E-state index contributed by atoms with van der Waals surface area (Å²) in [6.07, 6.45) is 31.3. The second-order valence-electron chi connectivity index (χ2n) is 35.7. The molecule has 720 valence electrons. The maximum atomic E-state index is 6.42. The topological polar surface area (TPSA) is 160 Å². The molecule has 3 aromatic heterocycles. The summed E-state index contributed by atoms with van der Waals surface area (Å²) < 4.78 is 56.0. The predicted molar refractivity (Wildman–Crippen MR) is 560 cm³/mol. The Bertz CT molecular complexity index is 8000. The molecule has 0 bridgehead atoms. The third-order valence-corrected chi connectivity index (χ3v) is 26.9. The number of benzene rings is 15. The number of rotatable bonds is 11. The first kappa shape index (κ1) is 94.3. The van der Waals surface area contributed by atoms with E-state index in [1.165, 1.54) is 0 Å². The van der Waals surface area contributed by atoms with E-state index in [2.05, 4.69) is 172 Å². The molecule has 0 atom stereocenters. The zero-order chi connectivity index (χ0) is 95.1. The maximum Gasteiger partial charge on any atom is 4.00 e. The Balaban J connectivity index is 0.000000105. The van der Waals surface area contributed by atoms with Crippen molar-refractivity contribution in [2.75, 3.05) is 53.3 Å². The van der Waals surface area contributed by atoms with Gasteiger partial charge in [0.1, 0.15) is 46.0 Å². The smallest absolute Gasteiger partial charge is 0.518 e. The first-order valence-electron chi connectivity index (χ1n) is 47.1. The zero-order valence-electron chi connectivity index (χ0n) is 78.2. The molecule has 16 heterocycles. The van der Waals surface area contributed by atoms with Gasteiger partial charge >= 0.3 is 63.2 Å². The fraction of sp³-hybridized carbons (Fsp3) is 0.0172. The van der Waals surface area contributed by atoms with Crippen molar-refractivity contribution >= 4 is 138 Å². The molecular weight excluding hydrogens is 2570 g/mol. The van der Waals surface area contributed by atoms with Crippen LogP contribution in [0.4, 0.5) is 45.5 Å². The van der Waals surface area contributed by atoms with Crippen molar-refractivity contribution in [1.29, 1.82) is 0 Å². The molecule has 32 heteroatoms. The van der Waals surface area contributed by atoms with Crippen LogP contribution < -0.4 is 143 Å². The average molecular weight is 2640 g/mol. The molecule has 13 aliphatic heterocycles. The van der Waals surface area contributed by atoms with Gasteiger partial charge in [-0.25, -0.2) is 0 Å². The van der Waals surface area contributed by atoms with Crippen molar-refractivity contribution in [1.82, 2.24) is 39.1 Å². The Morgan fingerprint density at radius 2 is 0.405 bits per heavy atom. The van der Waals surface area contributed by atoms with Gasteiger partial charge in [-0.2, -0.15) is 77.2 Å². The minimum Gasteiger partial charge on any atom is -0.518 e. The van der Waals surface area contributed by atoms with Crippen LogP contribution in [0.1, 0.15) is 0 Å². The molecule has 24 nitrogen and oxygen atoms in total. The van der Waals surface area contributed by atoms with Crippen molar-refractivity contribution in [3.05, 3.63) is 460 Å². The van der Waals surface area contributed by atoms with Gasteiger partial charge in [0.25, 0.3) is 0 Å². The van der Waals surface area contributed by atoms with Crippen molar-refractivity contribution in [3.63, 3.8) is 0 Å². The van der Waals surface area contributed by atoms with E-state index in [9.17, 15) is 0 Å². The monoisotopic (exact) mass is 2640 g/mol. The number of hydrogen-bond acceptors (Lipinski definition) is 21. The minimum atomic E-state index is -0.146. The van der Waals surface area contributed by atoms with E-state index < -0.39 is 0 Å². The summed E-state index contributed by atoms with van der Waals surface area (Å²) in [5.41, 5.74) is 22.2. The van der Waals surface area contributed by atoms with E-state index in [0.717, 1.165) is 220 Å². The quantitative estimate of drug-likeness (QED) is 0.0888. The molecular formula is C116H73B4N16O8Pt4-3. The standard InChI is InChI=1S/C36H23BN4O2.C30H18BN4O2.C26H19BN4O2.C24H13BN4O2.4Pt/c1-3-8-26(9-4-1)38-18-20-40(24-38)28-14-16-32-30(22-28)37-31-23-29(41-21-19-39(25-41)27-10-5-2-6-11-27)15-17-33(31)43-35-13-7-12-34(42-32)36(35)37;1-2-6-21(7-3-1)33-16-17-34(20-33)22-10-12-26-24(18-22)31-25-19-23(35-15-5-14-32-35)11-13-27(25)37-29-9-4-8-28(36-26)30(29)31;1-28-10-12-30(16-28)18-6-8-22-20(14-18)27-21-15-19(31-13-11-29(2)17-31)7-9-23(21)33-25-5-3-4-24(32-22)26(25)27;1-4-22-24-23(5-1)31-21-9-7-17(29-13-3-11-27-29)15-19(21)25(24)18-14-16(6-8-20(18)30-22)28-12-2-10-26-28;;;;/h1-21,24-25H;1-17,20H;3-13,16-17H,1-2H3;1-13H;;;;/q-4;-3;-4;-2;;+2;2*+4. The number of nitrogens with zero attached hydrogens (tertiary/aromatic N) is 16. The van der Waals surface area contributed by atoms with Gasteiger partial charge in [0, 0.05) is 143 Å². The molecule has 0 saturated carbocycles. The van der Waals surface area contributed by atoms with Gasteiger partial charge in [-0.15, -0.1) is 189 Å². The van der Waals surface area contributed by atoms with Gasteiger partial charge in [0.15, 0.2) is 0 Å². The Labute approximate surface area is 913 Å². The Morgan fingerprint density at radius 3 is 0.608 bits per heavy atom. The Kier molecular flexibility index (Phi) is 24.9. The van der Waals surface area contributed by atoms with Crippen LogP contribution in [0.15, 0.2) is 378 Å². The van der Waals surface area contributed by atoms with Crippen molar-refractivity contribution in [2.45, 2.75) is 0 Å². The summed E-state index contributed by atoms with van der Waals surface area (Å²) in [6.45, 7) is 9.74. The van der Waals surface area contributed by atoms with Gasteiger partial charge in [-0.05, 0) is 196 Å². The van der Waals surface area contributed by atoms with E-state index in [-0.39, 0.29) is 111 Å². The second kappa shape index (κ2) is 39.1. The van der Waals surface area contributed by atoms with Crippen LogP contribution in [0.2, 0.25) is 0 Å². The number of anilines is 8. The Hall–Kier alpha value is -16.0. The third-order valence-electron chi connectivity index (χ3n) is 26.9. The van der Waals surface area contributed by atoms with Gasteiger partial charge < -0.3 is 86.9 Å². The molecule has 148 heavy (non-hydrogen) atoms. The van der Waals surface area contributed by atoms with Crippen LogP contribution in [0.3, 0.4) is 0 Å². The minimum absolute atomic E-state index is 0. The van der Waals surface area contributed by atoms with Crippen molar-refractivity contribution in [3.8, 4) is 109 Å². The fourth-order valence-electron chi connectivity index (χ4n) is 20.3. The first-order chi connectivity index (χ1) is 71.1. The molecule has 0 spiro atoms. The van der Waals surface area contributed by atoms with Gasteiger partial charge in [0.2, 0.25) is 26.9 Å². The van der Waals surface area contributed by atoms with E-state index >= 15 is 0 Å². The molecule has 15 aromatic carbocycles. The summed E-state index contributed by atoms with van der Waals surface area (Å²) in [6, 6.07) is 122. The van der Waals surface area contributed by atoms with E-state index in [0.29, 0.717) is 0 Å². The van der Waals surface area contributed by atoms with Crippen LogP contribution in [0, 0.1) is 81.9 Å². The van der Waals surface area contributed by atoms with Crippen LogP contribution in [-0.4, -0.2) is 80.1 Å². The second-order valence-corrected chi connectivity index (χ2v) is 35.7. The molecule has 0 N–H and O–H groups in total. The summed E-state index contributed by atoms with van der Waals surface area (Å²) in [7, 11) is 4.01. The number of ether oxygens (including phenoxy) is 8. The van der Waals surface area contributed by atoms with E-state index in [1.807, 2.05) is 353 Å². The molecule has 0 aliphatic carbocycles. The van der Waals surface area contributed by atoms with Crippen LogP contribution >= 0.6 is 0 Å². The number of hydrogen-bond donors (Lipinski definition) is 0. The molecule has 0 saturated heterocycles. The summed E-state index contributed by atoms with van der Waals surface area (Å²) in [5.74, 6) is 12.7. The Morgan fingerprint density at radius 1 is 0.209 bits per heavy atom. The normalized spacial score (nSPS) is 14.7. The van der Waals surface area contributed by atoms with E-state index in [4.69, 9.17) is 37.9 Å².